The average molecular weight is 330 g/mol. The SMILES string of the molecule is CCN(CC)C(CNC(=O)C1CCNCC1)c1ccco1.Cl. The maximum Gasteiger partial charge on any atom is 0.223 e. The van der Waals surface area contributed by atoms with E-state index < -0.39 is 0 Å². The number of nitrogens with one attached hydrogen (secondary N) is 2. The third-order valence-corrected chi connectivity index (χ3v) is 4.30. The second-order valence-electron chi connectivity index (χ2n) is 5.52. The normalized spacial score (nSPS) is 17.0. The van der Waals surface area contributed by atoms with Gasteiger partial charge in [0.25, 0.3) is 0 Å². The van der Waals surface area contributed by atoms with Gasteiger partial charge in [0, 0.05) is 12.5 Å². The predicted molar refractivity (Wildman–Crippen MR) is 90.2 cm³/mol. The summed E-state index contributed by atoms with van der Waals surface area (Å²) in [4.78, 5) is 14.6. The average Bonchev–Trinajstić information content (AvgIpc) is 3.06. The van der Waals surface area contributed by atoms with Gasteiger partial charge in [-0.3, -0.25) is 9.69 Å². The van der Waals surface area contributed by atoms with E-state index in [2.05, 4.69) is 29.4 Å². The molecule has 6 heteroatoms. The molecule has 0 spiro atoms. The van der Waals surface area contributed by atoms with Gasteiger partial charge in [-0.1, -0.05) is 13.8 Å². The summed E-state index contributed by atoms with van der Waals surface area (Å²) < 4.78 is 5.56. The van der Waals surface area contributed by atoms with E-state index in [4.69, 9.17) is 4.42 Å². The fourth-order valence-corrected chi connectivity index (χ4v) is 2.98. The Morgan fingerprint density at radius 1 is 1.41 bits per heavy atom. The van der Waals surface area contributed by atoms with Crippen molar-refractivity contribution in [1.29, 1.82) is 0 Å². The third-order valence-electron chi connectivity index (χ3n) is 4.30. The zero-order valence-electron chi connectivity index (χ0n) is 13.5. The molecular formula is C16H28ClN3O2. The fraction of sp³-hybridized carbons (Fsp3) is 0.688. The first-order valence-electron chi connectivity index (χ1n) is 8.02. The van der Waals surface area contributed by atoms with Gasteiger partial charge in [0.2, 0.25) is 5.91 Å². The van der Waals surface area contributed by atoms with Crippen LogP contribution in [-0.2, 0) is 4.79 Å². The number of piperidine rings is 1. The highest BCUT2D eigenvalue weighted by atomic mass is 35.5. The van der Waals surface area contributed by atoms with Crippen molar-refractivity contribution in [3.05, 3.63) is 24.2 Å². The summed E-state index contributed by atoms with van der Waals surface area (Å²) in [7, 11) is 0. The second-order valence-corrected chi connectivity index (χ2v) is 5.52. The minimum atomic E-state index is 0. The minimum Gasteiger partial charge on any atom is -0.468 e. The highest BCUT2D eigenvalue weighted by Crippen LogP contribution is 2.20. The molecule has 0 saturated carbocycles. The largest absolute Gasteiger partial charge is 0.468 e. The lowest BCUT2D eigenvalue weighted by molar-refractivity contribution is -0.126. The van der Waals surface area contributed by atoms with Gasteiger partial charge in [0.05, 0.1) is 12.3 Å². The highest BCUT2D eigenvalue weighted by molar-refractivity contribution is 5.85. The summed E-state index contributed by atoms with van der Waals surface area (Å²) in [6, 6.07) is 4.00. The molecule has 1 fully saturated rings. The van der Waals surface area contributed by atoms with Gasteiger partial charge in [-0.15, -0.1) is 12.4 Å². The van der Waals surface area contributed by atoms with Crippen LogP contribution in [0.4, 0.5) is 0 Å². The van der Waals surface area contributed by atoms with Crippen molar-refractivity contribution in [3.63, 3.8) is 0 Å². The van der Waals surface area contributed by atoms with Crippen LogP contribution < -0.4 is 10.6 Å². The molecule has 126 valence electrons. The van der Waals surface area contributed by atoms with Gasteiger partial charge in [-0.05, 0) is 51.2 Å². The van der Waals surface area contributed by atoms with E-state index in [9.17, 15) is 4.79 Å². The van der Waals surface area contributed by atoms with Crippen molar-refractivity contribution >= 4 is 18.3 Å². The molecule has 2 rings (SSSR count). The fourth-order valence-electron chi connectivity index (χ4n) is 2.98. The summed E-state index contributed by atoms with van der Waals surface area (Å²) in [6.45, 7) is 8.63. The lowest BCUT2D eigenvalue weighted by atomic mass is 9.97. The maximum absolute atomic E-state index is 12.3. The van der Waals surface area contributed by atoms with Crippen LogP contribution in [0.1, 0.15) is 38.5 Å². The topological polar surface area (TPSA) is 57.5 Å². The van der Waals surface area contributed by atoms with Gasteiger partial charge in [-0.2, -0.15) is 0 Å². The van der Waals surface area contributed by atoms with Crippen LogP contribution in [0.2, 0.25) is 0 Å². The van der Waals surface area contributed by atoms with E-state index >= 15 is 0 Å². The first kappa shape index (κ1) is 19.0. The monoisotopic (exact) mass is 329 g/mol. The molecular weight excluding hydrogens is 302 g/mol. The molecule has 0 aliphatic carbocycles. The van der Waals surface area contributed by atoms with Crippen LogP contribution in [0.25, 0.3) is 0 Å². The number of hydrogen-bond donors (Lipinski definition) is 2. The Labute approximate surface area is 139 Å². The molecule has 0 bridgehead atoms. The number of likely N-dealkylation sites (N-methyl/N-ethyl adjacent to an activating group) is 1. The van der Waals surface area contributed by atoms with Gasteiger partial charge >= 0.3 is 0 Å². The summed E-state index contributed by atoms with van der Waals surface area (Å²) in [6.07, 6.45) is 3.56. The lowest BCUT2D eigenvalue weighted by Crippen LogP contribution is -2.42. The molecule has 1 amide bonds. The van der Waals surface area contributed by atoms with Crippen molar-refractivity contribution in [1.82, 2.24) is 15.5 Å². The Morgan fingerprint density at radius 2 is 2.09 bits per heavy atom. The molecule has 1 unspecified atom stereocenters. The van der Waals surface area contributed by atoms with E-state index in [1.807, 2.05) is 12.1 Å². The van der Waals surface area contributed by atoms with E-state index in [0.29, 0.717) is 6.54 Å². The number of furan rings is 1. The standard InChI is InChI=1S/C16H27N3O2.ClH/c1-3-19(4-2)14(15-6-5-11-21-15)12-18-16(20)13-7-9-17-10-8-13;/h5-6,11,13-14,17H,3-4,7-10,12H2,1-2H3,(H,18,20);1H. The Morgan fingerprint density at radius 3 is 2.64 bits per heavy atom. The Balaban J connectivity index is 0.00000242. The van der Waals surface area contributed by atoms with Crippen molar-refractivity contribution in [2.24, 2.45) is 5.92 Å². The van der Waals surface area contributed by atoms with E-state index in [-0.39, 0.29) is 30.3 Å². The number of amides is 1. The number of rotatable bonds is 7. The first-order valence-corrected chi connectivity index (χ1v) is 8.02. The van der Waals surface area contributed by atoms with Gasteiger partial charge in [0.15, 0.2) is 0 Å². The molecule has 1 aromatic rings. The number of carbonyl (C=O) groups excluding carboxylic acids is 1. The van der Waals surface area contributed by atoms with Crippen molar-refractivity contribution in [3.8, 4) is 0 Å². The molecule has 0 aromatic carbocycles. The molecule has 1 atom stereocenters. The Kier molecular flexibility index (Phi) is 8.53. The Bertz CT molecular complexity index is 415. The van der Waals surface area contributed by atoms with Crippen LogP contribution in [0.3, 0.4) is 0 Å². The molecule has 1 aliphatic heterocycles. The third kappa shape index (κ3) is 5.00. The summed E-state index contributed by atoms with van der Waals surface area (Å²) in [5.74, 6) is 1.25. The van der Waals surface area contributed by atoms with Crippen LogP contribution in [0, 0.1) is 5.92 Å². The van der Waals surface area contributed by atoms with Crippen LogP contribution in [0.15, 0.2) is 22.8 Å². The molecule has 5 nitrogen and oxygen atoms in total. The van der Waals surface area contributed by atoms with Crippen LogP contribution in [0.5, 0.6) is 0 Å². The van der Waals surface area contributed by atoms with E-state index in [1.165, 1.54) is 0 Å². The van der Waals surface area contributed by atoms with Crippen molar-refractivity contribution in [2.75, 3.05) is 32.7 Å². The van der Waals surface area contributed by atoms with E-state index in [1.54, 1.807) is 6.26 Å². The maximum atomic E-state index is 12.3. The van der Waals surface area contributed by atoms with Crippen molar-refractivity contribution in [2.45, 2.75) is 32.7 Å². The Hall–Kier alpha value is -1.04. The minimum absolute atomic E-state index is 0. The van der Waals surface area contributed by atoms with Crippen LogP contribution >= 0.6 is 12.4 Å². The molecule has 2 N–H and O–H groups in total. The molecule has 1 aliphatic rings. The van der Waals surface area contributed by atoms with Gasteiger partial charge < -0.3 is 15.1 Å². The van der Waals surface area contributed by atoms with Crippen molar-refractivity contribution < 1.29 is 9.21 Å². The predicted octanol–water partition coefficient (Wildman–Crippen LogP) is 2.20. The molecule has 22 heavy (non-hydrogen) atoms. The lowest BCUT2D eigenvalue weighted by Gasteiger charge is -2.29. The number of nitrogens with zero attached hydrogens (tertiary/aromatic N) is 1. The number of halogens is 1. The van der Waals surface area contributed by atoms with E-state index in [0.717, 1.165) is 44.8 Å². The molecule has 1 aromatic heterocycles. The van der Waals surface area contributed by atoms with Crippen LogP contribution in [-0.4, -0.2) is 43.5 Å². The quantitative estimate of drug-likeness (QED) is 0.805. The van der Waals surface area contributed by atoms with Gasteiger partial charge in [0.1, 0.15) is 5.76 Å². The second kappa shape index (κ2) is 9.87. The molecule has 0 radical (unpaired) electrons. The van der Waals surface area contributed by atoms with Gasteiger partial charge in [-0.25, -0.2) is 0 Å². The zero-order chi connectivity index (χ0) is 15.1. The number of hydrogen-bond acceptors (Lipinski definition) is 4. The summed E-state index contributed by atoms with van der Waals surface area (Å²) in [5.41, 5.74) is 0. The smallest absolute Gasteiger partial charge is 0.223 e. The highest BCUT2D eigenvalue weighted by Gasteiger charge is 2.24. The first-order chi connectivity index (χ1) is 10.3. The number of carbonyl (C=O) groups is 1. The molecule has 2 heterocycles. The zero-order valence-corrected chi connectivity index (χ0v) is 14.3. The summed E-state index contributed by atoms with van der Waals surface area (Å²) in [5, 5.41) is 6.41. The summed E-state index contributed by atoms with van der Waals surface area (Å²) >= 11 is 0. The molecule has 1 saturated heterocycles.